The highest BCUT2D eigenvalue weighted by Crippen LogP contribution is 2.28. The molecular weight excluding hydrogens is 406 g/mol. The molecule has 1 heterocycles. The van der Waals surface area contributed by atoms with Crippen molar-refractivity contribution in [2.75, 3.05) is 0 Å². The van der Waals surface area contributed by atoms with Gasteiger partial charge in [0.2, 0.25) is 0 Å². The Morgan fingerprint density at radius 1 is 1.46 bits per heavy atom. The van der Waals surface area contributed by atoms with Gasteiger partial charge in [-0.25, -0.2) is 13.8 Å². The second kappa shape index (κ2) is 4.78. The maximum atomic E-state index is 12.4. The van der Waals surface area contributed by atoms with Crippen LogP contribution in [-0.2, 0) is 6.61 Å². The van der Waals surface area contributed by atoms with Gasteiger partial charge in [0, 0.05) is 3.57 Å². The van der Waals surface area contributed by atoms with E-state index < -0.39 is 6.43 Å². The first-order valence-electron chi connectivity index (χ1n) is 3.30. The third kappa shape index (κ3) is 2.69. The number of hydrogen-bond donors (Lipinski definition) is 1. The molecular formula is C7H5F2I2NO. The molecule has 0 amide bonds. The van der Waals surface area contributed by atoms with Gasteiger partial charge >= 0.3 is 0 Å². The molecule has 0 spiro atoms. The number of pyridine rings is 1. The van der Waals surface area contributed by atoms with Crippen LogP contribution < -0.4 is 0 Å². The Bertz CT molecular complexity index is 296. The van der Waals surface area contributed by atoms with Crippen LogP contribution in [0, 0.1) is 7.27 Å². The van der Waals surface area contributed by atoms with Gasteiger partial charge in [0.05, 0.1) is 17.9 Å². The van der Waals surface area contributed by atoms with Crippen molar-refractivity contribution in [3.8, 4) is 0 Å². The van der Waals surface area contributed by atoms with Crippen molar-refractivity contribution in [3.05, 3.63) is 24.6 Å². The monoisotopic (exact) mass is 411 g/mol. The van der Waals surface area contributed by atoms with Crippen LogP contribution in [0.25, 0.3) is 0 Å². The van der Waals surface area contributed by atoms with Gasteiger partial charge in [-0.2, -0.15) is 0 Å². The highest BCUT2D eigenvalue weighted by Gasteiger charge is 2.17. The van der Waals surface area contributed by atoms with Crippen LogP contribution in [0.5, 0.6) is 0 Å². The molecule has 0 aliphatic carbocycles. The lowest BCUT2D eigenvalue weighted by atomic mass is 10.2. The van der Waals surface area contributed by atoms with Crippen LogP contribution in [0.4, 0.5) is 8.78 Å². The van der Waals surface area contributed by atoms with E-state index in [1.807, 2.05) is 22.6 Å². The molecule has 1 rings (SSSR count). The number of halogens is 4. The predicted octanol–water partition coefficient (Wildman–Crippen LogP) is 2.72. The maximum Gasteiger partial charge on any atom is 0.267 e. The first-order chi connectivity index (χ1) is 6.06. The van der Waals surface area contributed by atoms with Gasteiger partial charge < -0.3 is 5.11 Å². The van der Waals surface area contributed by atoms with Crippen LogP contribution in [0.1, 0.15) is 17.7 Å². The highest BCUT2D eigenvalue weighted by atomic mass is 127. The van der Waals surface area contributed by atoms with E-state index in [1.54, 1.807) is 22.6 Å². The van der Waals surface area contributed by atoms with Gasteiger partial charge in [0.1, 0.15) is 3.70 Å². The Morgan fingerprint density at radius 2 is 2.08 bits per heavy atom. The van der Waals surface area contributed by atoms with Crippen LogP contribution in [0.15, 0.2) is 6.07 Å². The molecule has 13 heavy (non-hydrogen) atoms. The number of aromatic nitrogens is 1. The van der Waals surface area contributed by atoms with Crippen molar-refractivity contribution in [2.45, 2.75) is 13.0 Å². The van der Waals surface area contributed by atoms with Crippen molar-refractivity contribution < 1.29 is 13.9 Å². The Balaban J connectivity index is 3.23. The molecule has 0 aromatic carbocycles. The molecule has 0 atom stereocenters. The highest BCUT2D eigenvalue weighted by molar-refractivity contribution is 14.1. The number of aliphatic hydroxyl groups excluding tert-OH is 1. The zero-order valence-electron chi connectivity index (χ0n) is 6.27. The van der Waals surface area contributed by atoms with Crippen LogP contribution in [-0.4, -0.2) is 10.1 Å². The van der Waals surface area contributed by atoms with E-state index in [2.05, 4.69) is 4.98 Å². The summed E-state index contributed by atoms with van der Waals surface area (Å²) >= 11 is 3.56. The van der Waals surface area contributed by atoms with Crippen LogP contribution in [0.3, 0.4) is 0 Å². The quantitative estimate of drug-likeness (QED) is 0.600. The molecule has 0 fully saturated rings. The minimum absolute atomic E-state index is 0.0570. The number of alkyl halides is 2. The summed E-state index contributed by atoms with van der Waals surface area (Å²) in [5.74, 6) is 0. The molecule has 0 aliphatic heterocycles. The third-order valence-electron chi connectivity index (χ3n) is 1.39. The van der Waals surface area contributed by atoms with E-state index >= 15 is 0 Å². The van der Waals surface area contributed by atoms with Gasteiger partial charge in [-0.1, -0.05) is 0 Å². The summed E-state index contributed by atoms with van der Waals surface area (Å²) in [6.45, 7) is -0.227. The number of aliphatic hydroxyl groups is 1. The topological polar surface area (TPSA) is 33.1 Å². The molecule has 1 aromatic heterocycles. The maximum absolute atomic E-state index is 12.4. The molecule has 0 unspecified atom stereocenters. The van der Waals surface area contributed by atoms with Gasteiger partial charge in [0.25, 0.3) is 6.43 Å². The van der Waals surface area contributed by atoms with Crippen LogP contribution in [0.2, 0.25) is 0 Å². The summed E-state index contributed by atoms with van der Waals surface area (Å²) in [6, 6.07) is 1.46. The van der Waals surface area contributed by atoms with Gasteiger partial charge in [-0.3, -0.25) is 0 Å². The third-order valence-corrected chi connectivity index (χ3v) is 3.11. The van der Waals surface area contributed by atoms with E-state index in [-0.39, 0.29) is 15.9 Å². The van der Waals surface area contributed by atoms with Crippen LogP contribution >= 0.6 is 45.2 Å². The van der Waals surface area contributed by atoms with Gasteiger partial charge in [-0.05, 0) is 51.2 Å². The SMILES string of the molecule is OCc1cc(I)c(C(F)F)c(I)n1. The molecule has 2 nitrogen and oxygen atoms in total. The molecule has 1 aromatic rings. The molecule has 0 saturated heterocycles. The summed E-state index contributed by atoms with van der Waals surface area (Å²) < 4.78 is 25.5. The molecule has 0 radical (unpaired) electrons. The summed E-state index contributed by atoms with van der Waals surface area (Å²) in [6.07, 6.45) is -2.51. The predicted molar refractivity (Wildman–Crippen MR) is 60.6 cm³/mol. The molecule has 72 valence electrons. The average Bonchev–Trinajstić information content (AvgIpc) is 2.02. The number of nitrogens with zero attached hydrogens (tertiary/aromatic N) is 1. The molecule has 0 saturated carbocycles. The summed E-state index contributed by atoms with van der Waals surface area (Å²) in [4.78, 5) is 3.83. The fourth-order valence-electron chi connectivity index (χ4n) is 0.816. The van der Waals surface area contributed by atoms with E-state index in [1.165, 1.54) is 6.07 Å². The normalized spacial score (nSPS) is 10.9. The zero-order valence-corrected chi connectivity index (χ0v) is 10.6. The Kier molecular flexibility index (Phi) is 4.23. The Hall–Kier alpha value is 0.430. The largest absolute Gasteiger partial charge is 0.390 e. The lowest BCUT2D eigenvalue weighted by Gasteiger charge is -2.07. The minimum Gasteiger partial charge on any atom is -0.390 e. The smallest absolute Gasteiger partial charge is 0.267 e. The fourth-order valence-corrected chi connectivity index (χ4v) is 3.02. The van der Waals surface area contributed by atoms with Crippen molar-refractivity contribution >= 4 is 45.2 Å². The Labute approximate surface area is 101 Å². The van der Waals surface area contributed by atoms with E-state index in [9.17, 15) is 8.78 Å². The zero-order chi connectivity index (χ0) is 10.0. The average molecular weight is 411 g/mol. The lowest BCUT2D eigenvalue weighted by Crippen LogP contribution is -2.01. The van der Waals surface area contributed by atoms with Crippen molar-refractivity contribution in [1.29, 1.82) is 0 Å². The first kappa shape index (κ1) is 11.5. The molecule has 0 aliphatic rings. The number of rotatable bonds is 2. The minimum atomic E-state index is -2.51. The van der Waals surface area contributed by atoms with Gasteiger partial charge in [0.15, 0.2) is 0 Å². The Morgan fingerprint density at radius 3 is 2.46 bits per heavy atom. The van der Waals surface area contributed by atoms with E-state index in [0.717, 1.165) is 0 Å². The summed E-state index contributed by atoms with van der Waals surface area (Å²) in [5, 5.41) is 8.76. The summed E-state index contributed by atoms with van der Waals surface area (Å²) in [7, 11) is 0. The molecule has 1 N–H and O–H groups in total. The second-order valence-corrected chi connectivity index (χ2v) is 4.44. The van der Waals surface area contributed by atoms with Crippen molar-refractivity contribution in [2.24, 2.45) is 0 Å². The first-order valence-corrected chi connectivity index (χ1v) is 5.45. The second-order valence-electron chi connectivity index (χ2n) is 2.26. The van der Waals surface area contributed by atoms with Gasteiger partial charge in [-0.15, -0.1) is 0 Å². The summed E-state index contributed by atoms with van der Waals surface area (Å²) in [5.41, 5.74) is 0.358. The molecule has 0 bridgehead atoms. The lowest BCUT2D eigenvalue weighted by molar-refractivity contribution is 0.148. The van der Waals surface area contributed by atoms with E-state index in [4.69, 9.17) is 5.11 Å². The molecule has 6 heteroatoms. The van der Waals surface area contributed by atoms with Crippen molar-refractivity contribution in [1.82, 2.24) is 4.98 Å². The van der Waals surface area contributed by atoms with Crippen molar-refractivity contribution in [3.63, 3.8) is 0 Å². The van der Waals surface area contributed by atoms with E-state index in [0.29, 0.717) is 9.26 Å². The number of hydrogen-bond acceptors (Lipinski definition) is 2. The fraction of sp³-hybridized carbons (Fsp3) is 0.286. The standard InChI is InChI=1S/C7H5F2I2NO/c8-6(9)5-4(10)1-3(2-13)12-7(5)11/h1,6,13H,2H2.